The summed E-state index contributed by atoms with van der Waals surface area (Å²) in [5.74, 6) is -1.15. The van der Waals surface area contributed by atoms with Crippen molar-refractivity contribution in [1.29, 1.82) is 0 Å². The number of aromatic nitrogens is 3. The molecule has 0 saturated carbocycles. The molecule has 1 aromatic carbocycles. The van der Waals surface area contributed by atoms with Gasteiger partial charge in [0.15, 0.2) is 10.7 Å². The van der Waals surface area contributed by atoms with Crippen molar-refractivity contribution < 1.29 is 9.18 Å². The van der Waals surface area contributed by atoms with Crippen molar-refractivity contribution in [2.24, 2.45) is 0 Å². The number of hydrogen-bond acceptors (Lipinski definition) is 3. The number of halogens is 4. The maximum absolute atomic E-state index is 13.3. The van der Waals surface area contributed by atoms with Gasteiger partial charge in [-0.15, -0.1) is 0 Å². The number of Topliss-reactive ketones (excluding diaryl/α,β-unsaturated/α-hetero) is 1. The molecule has 1 unspecified atom stereocenters. The van der Waals surface area contributed by atoms with E-state index in [-0.39, 0.29) is 15.6 Å². The van der Waals surface area contributed by atoms with E-state index in [0.717, 1.165) is 6.07 Å². The van der Waals surface area contributed by atoms with Gasteiger partial charge >= 0.3 is 0 Å². The summed E-state index contributed by atoms with van der Waals surface area (Å²) in [6, 6.07) is 2.19. The molecule has 0 spiro atoms. The van der Waals surface area contributed by atoms with Crippen molar-refractivity contribution in [3.05, 3.63) is 46.2 Å². The van der Waals surface area contributed by atoms with E-state index in [1.54, 1.807) is 0 Å². The average molecular weight is 353 g/mol. The minimum Gasteiger partial charge on any atom is -0.291 e. The number of rotatable bonds is 3. The smallest absolute Gasteiger partial charge is 0.199 e. The van der Waals surface area contributed by atoms with E-state index >= 15 is 0 Å². The highest BCUT2D eigenvalue weighted by molar-refractivity contribution is 9.09. The zero-order chi connectivity index (χ0) is 13.3. The highest BCUT2D eigenvalue weighted by atomic mass is 79.9. The molecule has 0 aliphatic heterocycles. The summed E-state index contributed by atoms with van der Waals surface area (Å²) in [6.45, 7) is 0. The van der Waals surface area contributed by atoms with E-state index in [1.807, 2.05) is 0 Å². The minimum atomic E-state index is -0.807. The van der Waals surface area contributed by atoms with Crippen LogP contribution in [0.15, 0.2) is 24.8 Å². The Morgan fingerprint density at radius 1 is 1.39 bits per heavy atom. The number of ketones is 1. The third-order valence-electron chi connectivity index (χ3n) is 2.16. The van der Waals surface area contributed by atoms with Crippen LogP contribution in [0, 0.1) is 5.82 Å². The zero-order valence-corrected chi connectivity index (χ0v) is 11.7. The lowest BCUT2D eigenvalue weighted by Crippen LogP contribution is -2.15. The molecule has 0 aliphatic rings. The molecule has 18 heavy (non-hydrogen) atoms. The third kappa shape index (κ3) is 2.55. The highest BCUT2D eigenvalue weighted by Crippen LogP contribution is 2.29. The van der Waals surface area contributed by atoms with Gasteiger partial charge in [-0.1, -0.05) is 39.1 Å². The van der Waals surface area contributed by atoms with Crippen molar-refractivity contribution in [2.75, 3.05) is 0 Å². The van der Waals surface area contributed by atoms with E-state index in [0.29, 0.717) is 0 Å². The molecule has 1 heterocycles. The van der Waals surface area contributed by atoms with Crippen LogP contribution in [-0.2, 0) is 0 Å². The van der Waals surface area contributed by atoms with Gasteiger partial charge in [0.2, 0.25) is 0 Å². The first-order valence-corrected chi connectivity index (χ1v) is 6.35. The van der Waals surface area contributed by atoms with Gasteiger partial charge in [-0.2, -0.15) is 5.10 Å². The van der Waals surface area contributed by atoms with Crippen LogP contribution in [-0.4, -0.2) is 20.5 Å². The largest absolute Gasteiger partial charge is 0.291 e. The van der Waals surface area contributed by atoms with Gasteiger partial charge in [0.05, 0.1) is 10.0 Å². The van der Waals surface area contributed by atoms with Gasteiger partial charge in [0.1, 0.15) is 18.5 Å². The Bertz CT molecular complexity index is 591. The fourth-order valence-electron chi connectivity index (χ4n) is 1.29. The van der Waals surface area contributed by atoms with E-state index < -0.39 is 16.6 Å². The Hall–Kier alpha value is -0.980. The molecule has 8 heteroatoms. The third-order valence-corrected chi connectivity index (χ3v) is 3.60. The molecular weight excluding hydrogens is 348 g/mol. The fraction of sp³-hybridized carbons (Fsp3) is 0.100. The van der Waals surface area contributed by atoms with Crippen LogP contribution in [0.2, 0.25) is 10.0 Å². The van der Waals surface area contributed by atoms with Gasteiger partial charge in [0.25, 0.3) is 0 Å². The standard InChI is InChI=1S/C10H5BrCl2FN3O/c11-10(17-4-15-3-16-17)9(18)5-1-8(14)7(13)2-6(5)12/h1-4,10H. The SMILES string of the molecule is O=C(c1cc(F)c(Cl)cc1Cl)C(Br)n1cncn1. The van der Waals surface area contributed by atoms with Gasteiger partial charge in [-0.05, 0) is 12.1 Å². The monoisotopic (exact) mass is 351 g/mol. The summed E-state index contributed by atoms with van der Waals surface area (Å²) >= 11 is 14.6. The molecule has 0 aliphatic carbocycles. The topological polar surface area (TPSA) is 47.8 Å². The quantitative estimate of drug-likeness (QED) is 0.482. The first-order chi connectivity index (χ1) is 8.50. The predicted octanol–water partition coefficient (Wildman–Crippen LogP) is 3.50. The molecule has 0 amide bonds. The lowest BCUT2D eigenvalue weighted by molar-refractivity contribution is 0.0965. The molecule has 2 rings (SSSR count). The second kappa shape index (κ2) is 5.34. The normalized spacial score (nSPS) is 12.4. The van der Waals surface area contributed by atoms with E-state index in [9.17, 15) is 9.18 Å². The Balaban J connectivity index is 2.37. The van der Waals surface area contributed by atoms with Crippen molar-refractivity contribution in [3.8, 4) is 0 Å². The van der Waals surface area contributed by atoms with Crippen LogP contribution in [0.25, 0.3) is 0 Å². The van der Waals surface area contributed by atoms with Crippen LogP contribution in [0.4, 0.5) is 4.39 Å². The molecule has 1 aromatic heterocycles. The van der Waals surface area contributed by atoms with Gasteiger partial charge in [-0.3, -0.25) is 4.79 Å². The van der Waals surface area contributed by atoms with Gasteiger partial charge < -0.3 is 0 Å². The number of hydrogen-bond donors (Lipinski definition) is 0. The Morgan fingerprint density at radius 3 is 2.72 bits per heavy atom. The van der Waals surface area contributed by atoms with Crippen molar-refractivity contribution in [2.45, 2.75) is 4.95 Å². The second-order valence-electron chi connectivity index (χ2n) is 3.32. The van der Waals surface area contributed by atoms with Crippen molar-refractivity contribution in [3.63, 3.8) is 0 Å². The number of nitrogens with zero attached hydrogens (tertiary/aromatic N) is 3. The van der Waals surface area contributed by atoms with Crippen LogP contribution in [0.1, 0.15) is 15.3 Å². The molecule has 94 valence electrons. The Labute approximate surface area is 120 Å². The predicted molar refractivity (Wildman–Crippen MR) is 68.7 cm³/mol. The molecule has 0 bridgehead atoms. The molecule has 0 N–H and O–H groups in total. The molecule has 0 fully saturated rings. The second-order valence-corrected chi connectivity index (χ2v) is 5.00. The van der Waals surface area contributed by atoms with E-state index in [4.69, 9.17) is 23.2 Å². The summed E-state index contributed by atoms with van der Waals surface area (Å²) in [5, 5.41) is 3.75. The van der Waals surface area contributed by atoms with Crippen molar-refractivity contribution >= 4 is 44.9 Å². The summed E-state index contributed by atoms with van der Waals surface area (Å²) in [7, 11) is 0. The number of carbonyl (C=O) groups is 1. The fourth-order valence-corrected chi connectivity index (χ4v) is 2.23. The zero-order valence-electron chi connectivity index (χ0n) is 8.65. The summed E-state index contributed by atoms with van der Waals surface area (Å²) in [5.41, 5.74) is 0.0240. The molecule has 1 atom stereocenters. The lowest BCUT2D eigenvalue weighted by Gasteiger charge is -2.10. The summed E-state index contributed by atoms with van der Waals surface area (Å²) < 4.78 is 14.6. The number of benzene rings is 1. The maximum atomic E-state index is 13.3. The molecule has 0 saturated heterocycles. The van der Waals surface area contributed by atoms with Crippen LogP contribution >= 0.6 is 39.1 Å². The number of carbonyl (C=O) groups excluding carboxylic acids is 1. The van der Waals surface area contributed by atoms with Gasteiger partial charge in [-0.25, -0.2) is 14.1 Å². The van der Waals surface area contributed by atoms with E-state index in [1.165, 1.54) is 23.4 Å². The summed E-state index contributed by atoms with van der Waals surface area (Å²) in [6.07, 6.45) is 2.64. The number of alkyl halides is 1. The van der Waals surface area contributed by atoms with Crippen molar-refractivity contribution in [1.82, 2.24) is 14.8 Å². The average Bonchev–Trinajstić information content (AvgIpc) is 2.85. The van der Waals surface area contributed by atoms with Crippen LogP contribution in [0.3, 0.4) is 0 Å². The van der Waals surface area contributed by atoms with Crippen LogP contribution < -0.4 is 0 Å². The minimum absolute atomic E-state index is 0.0240. The van der Waals surface area contributed by atoms with Crippen LogP contribution in [0.5, 0.6) is 0 Å². The Morgan fingerprint density at radius 2 is 2.11 bits per heavy atom. The first kappa shape index (κ1) is 13.5. The van der Waals surface area contributed by atoms with Gasteiger partial charge in [0, 0.05) is 5.56 Å². The molecule has 0 radical (unpaired) electrons. The molecular formula is C10H5BrCl2FN3O. The summed E-state index contributed by atoms with van der Waals surface area (Å²) in [4.78, 5) is 15.0. The Kier molecular flexibility index (Phi) is 3.99. The molecule has 4 nitrogen and oxygen atoms in total. The van der Waals surface area contributed by atoms with E-state index in [2.05, 4.69) is 26.0 Å². The first-order valence-electron chi connectivity index (χ1n) is 4.67. The maximum Gasteiger partial charge on any atom is 0.199 e. The lowest BCUT2D eigenvalue weighted by atomic mass is 10.1. The molecule has 2 aromatic rings. The highest BCUT2D eigenvalue weighted by Gasteiger charge is 2.23.